The molecule has 1 amide bonds. The second-order valence-electron chi connectivity index (χ2n) is 5.22. The summed E-state index contributed by atoms with van der Waals surface area (Å²) < 4.78 is 4.85. The molecule has 10 heteroatoms. The Morgan fingerprint density at radius 2 is 1.79 bits per heavy atom. The molecule has 2 rings (SSSR count). The Kier molecular flexibility index (Phi) is 6.16. The van der Waals surface area contributed by atoms with Crippen molar-refractivity contribution in [3.05, 3.63) is 25.9 Å². The molecular weight excluding hydrogens is 400 g/mol. The van der Waals surface area contributed by atoms with E-state index >= 15 is 0 Å². The maximum atomic E-state index is 12.0. The van der Waals surface area contributed by atoms with Crippen molar-refractivity contribution < 1.29 is 14.3 Å². The van der Waals surface area contributed by atoms with Crippen LogP contribution in [0.3, 0.4) is 0 Å². The first kappa shape index (κ1) is 19.1. The van der Waals surface area contributed by atoms with Gasteiger partial charge in [0.1, 0.15) is 10.7 Å². The Balaban J connectivity index is 2.01. The fourth-order valence-corrected chi connectivity index (χ4v) is 3.17. The van der Waals surface area contributed by atoms with E-state index in [0.29, 0.717) is 12.8 Å². The van der Waals surface area contributed by atoms with Gasteiger partial charge < -0.3 is 10.1 Å². The lowest BCUT2D eigenvalue weighted by atomic mass is 10.00. The molecular formula is C14H11Cl4N3O3. The highest BCUT2D eigenvalue weighted by molar-refractivity contribution is 6.52. The molecule has 24 heavy (non-hydrogen) atoms. The van der Waals surface area contributed by atoms with Crippen LogP contribution < -0.4 is 5.32 Å². The van der Waals surface area contributed by atoms with Gasteiger partial charge in [0.2, 0.25) is 0 Å². The number of nitriles is 1. The third-order valence-corrected chi connectivity index (χ3v) is 5.24. The molecule has 0 unspecified atom stereocenters. The second-order valence-corrected chi connectivity index (χ2v) is 6.71. The fourth-order valence-electron chi connectivity index (χ4n) is 2.37. The second kappa shape index (κ2) is 7.75. The van der Waals surface area contributed by atoms with Gasteiger partial charge in [-0.15, -0.1) is 0 Å². The molecule has 6 nitrogen and oxygen atoms in total. The van der Waals surface area contributed by atoms with Crippen LogP contribution in [0.2, 0.25) is 20.2 Å². The van der Waals surface area contributed by atoms with Gasteiger partial charge in [-0.3, -0.25) is 4.79 Å². The third kappa shape index (κ3) is 4.04. The molecule has 0 saturated heterocycles. The van der Waals surface area contributed by atoms with E-state index in [1.807, 2.05) is 0 Å². The summed E-state index contributed by atoms with van der Waals surface area (Å²) in [6, 6.07) is 2.10. The van der Waals surface area contributed by atoms with E-state index in [0.717, 1.165) is 12.8 Å². The van der Waals surface area contributed by atoms with Crippen LogP contribution in [0.25, 0.3) is 0 Å². The molecule has 1 saturated carbocycles. The molecule has 1 aromatic rings. The Labute approximate surface area is 158 Å². The molecule has 1 N–H and O–H groups in total. The number of aromatic nitrogens is 1. The van der Waals surface area contributed by atoms with Crippen molar-refractivity contribution >= 4 is 58.3 Å². The van der Waals surface area contributed by atoms with E-state index in [-0.39, 0.29) is 25.9 Å². The van der Waals surface area contributed by atoms with E-state index in [1.165, 1.54) is 0 Å². The van der Waals surface area contributed by atoms with Crippen molar-refractivity contribution in [3.8, 4) is 6.07 Å². The van der Waals surface area contributed by atoms with Crippen molar-refractivity contribution in [3.63, 3.8) is 0 Å². The SMILES string of the molecule is N#CC1(NC(=O)COC(=O)c2nc(Cl)c(Cl)c(Cl)c2Cl)CCCC1. The molecule has 1 aromatic heterocycles. The Hall–Kier alpha value is -1.26. The van der Waals surface area contributed by atoms with Crippen LogP contribution in [0.1, 0.15) is 36.2 Å². The predicted molar refractivity (Wildman–Crippen MR) is 89.5 cm³/mol. The standard InChI is InChI=1S/C14H11Cl4N3O3/c15-8-9(16)11(20-12(18)10(8)17)13(23)24-5-7(22)21-14(6-19)3-1-2-4-14/h1-5H2,(H,21,22). The highest BCUT2D eigenvalue weighted by atomic mass is 35.5. The molecule has 0 bridgehead atoms. The van der Waals surface area contributed by atoms with Crippen molar-refractivity contribution in [2.75, 3.05) is 6.61 Å². The first-order chi connectivity index (χ1) is 11.3. The maximum Gasteiger partial charge on any atom is 0.359 e. The lowest BCUT2D eigenvalue weighted by Gasteiger charge is -2.21. The van der Waals surface area contributed by atoms with Gasteiger partial charge in [0, 0.05) is 0 Å². The summed E-state index contributed by atoms with van der Waals surface area (Å²) in [4.78, 5) is 27.6. The number of esters is 1. The van der Waals surface area contributed by atoms with Crippen molar-refractivity contribution in [2.45, 2.75) is 31.2 Å². The van der Waals surface area contributed by atoms with Gasteiger partial charge in [0.05, 0.1) is 21.1 Å². The van der Waals surface area contributed by atoms with Crippen molar-refractivity contribution in [2.24, 2.45) is 0 Å². The van der Waals surface area contributed by atoms with Gasteiger partial charge in [-0.1, -0.05) is 46.4 Å². The highest BCUT2D eigenvalue weighted by Crippen LogP contribution is 2.36. The summed E-state index contributed by atoms with van der Waals surface area (Å²) in [7, 11) is 0. The summed E-state index contributed by atoms with van der Waals surface area (Å²) >= 11 is 23.2. The van der Waals surface area contributed by atoms with Crippen LogP contribution in [-0.4, -0.2) is 29.0 Å². The van der Waals surface area contributed by atoms with E-state index in [9.17, 15) is 14.9 Å². The zero-order valence-electron chi connectivity index (χ0n) is 12.2. The van der Waals surface area contributed by atoms with Gasteiger partial charge in [-0.25, -0.2) is 9.78 Å². The van der Waals surface area contributed by atoms with Crippen LogP contribution in [-0.2, 0) is 9.53 Å². The van der Waals surface area contributed by atoms with Crippen molar-refractivity contribution in [1.29, 1.82) is 5.26 Å². The number of ether oxygens (including phenoxy) is 1. The molecule has 1 fully saturated rings. The molecule has 0 aliphatic heterocycles. The first-order valence-corrected chi connectivity index (χ1v) is 8.40. The summed E-state index contributed by atoms with van der Waals surface area (Å²) in [5.41, 5.74) is -1.24. The summed E-state index contributed by atoms with van der Waals surface area (Å²) in [5.74, 6) is -1.57. The molecule has 0 atom stereocenters. The number of pyridine rings is 1. The number of nitrogens with zero attached hydrogens (tertiary/aromatic N) is 2. The van der Waals surface area contributed by atoms with Gasteiger partial charge in [-0.05, 0) is 25.7 Å². The minimum absolute atomic E-state index is 0.0881. The molecule has 1 aliphatic rings. The lowest BCUT2D eigenvalue weighted by molar-refractivity contribution is -0.125. The van der Waals surface area contributed by atoms with Crippen LogP contribution in [0, 0.1) is 11.3 Å². The van der Waals surface area contributed by atoms with Gasteiger partial charge in [0.25, 0.3) is 5.91 Å². The maximum absolute atomic E-state index is 12.0. The first-order valence-electron chi connectivity index (χ1n) is 6.89. The van der Waals surface area contributed by atoms with E-state index in [1.54, 1.807) is 0 Å². The zero-order valence-corrected chi connectivity index (χ0v) is 15.2. The van der Waals surface area contributed by atoms with Crippen molar-refractivity contribution in [1.82, 2.24) is 10.3 Å². The molecule has 0 radical (unpaired) electrons. The topological polar surface area (TPSA) is 92.1 Å². The summed E-state index contributed by atoms with van der Waals surface area (Å²) in [6.07, 6.45) is 2.85. The van der Waals surface area contributed by atoms with Gasteiger partial charge >= 0.3 is 5.97 Å². The van der Waals surface area contributed by atoms with Crippen LogP contribution in [0.15, 0.2) is 0 Å². The largest absolute Gasteiger partial charge is 0.451 e. The zero-order chi connectivity index (χ0) is 17.9. The Morgan fingerprint density at radius 1 is 1.17 bits per heavy atom. The van der Waals surface area contributed by atoms with Crippen LogP contribution in [0.4, 0.5) is 0 Å². The molecule has 0 spiro atoms. The summed E-state index contributed by atoms with van der Waals surface area (Å²) in [5, 5.41) is 11.1. The number of amides is 1. The quantitative estimate of drug-likeness (QED) is 0.601. The lowest BCUT2D eigenvalue weighted by Crippen LogP contribution is -2.46. The number of hydrogen-bond donors (Lipinski definition) is 1. The minimum Gasteiger partial charge on any atom is -0.451 e. The molecule has 0 aromatic carbocycles. The molecule has 128 valence electrons. The van der Waals surface area contributed by atoms with E-state index in [4.69, 9.17) is 51.1 Å². The number of nitrogens with one attached hydrogen (secondary N) is 1. The smallest absolute Gasteiger partial charge is 0.359 e. The number of rotatable bonds is 4. The molecule has 1 aliphatic carbocycles. The predicted octanol–water partition coefficient (Wildman–Crippen LogP) is 3.80. The fraction of sp³-hybridized carbons (Fsp3) is 0.429. The summed E-state index contributed by atoms with van der Waals surface area (Å²) in [6.45, 7) is -0.585. The normalized spacial score (nSPS) is 15.6. The number of halogens is 4. The van der Waals surface area contributed by atoms with Crippen LogP contribution in [0.5, 0.6) is 0 Å². The third-order valence-electron chi connectivity index (χ3n) is 3.56. The minimum atomic E-state index is -0.979. The Morgan fingerprint density at radius 3 is 2.38 bits per heavy atom. The van der Waals surface area contributed by atoms with Gasteiger partial charge in [-0.2, -0.15) is 5.26 Å². The average Bonchev–Trinajstić information content (AvgIpc) is 3.03. The Bertz CT molecular complexity index is 727. The number of carbonyl (C=O) groups excluding carboxylic acids is 2. The van der Waals surface area contributed by atoms with E-state index in [2.05, 4.69) is 16.4 Å². The number of hydrogen-bond acceptors (Lipinski definition) is 5. The van der Waals surface area contributed by atoms with Crippen LogP contribution >= 0.6 is 46.4 Å². The number of carbonyl (C=O) groups is 2. The average molecular weight is 411 g/mol. The highest BCUT2D eigenvalue weighted by Gasteiger charge is 2.35. The monoisotopic (exact) mass is 409 g/mol. The van der Waals surface area contributed by atoms with Gasteiger partial charge in [0.15, 0.2) is 12.3 Å². The molecule has 1 heterocycles. The van der Waals surface area contributed by atoms with E-state index < -0.39 is 24.0 Å².